The molecule has 0 unspecified atom stereocenters. The molecule has 3 heterocycles. The highest BCUT2D eigenvalue weighted by Crippen LogP contribution is 2.17. The molecule has 24 heavy (non-hydrogen) atoms. The molecule has 1 aromatic carbocycles. The number of rotatable bonds is 4. The van der Waals surface area contributed by atoms with Crippen LogP contribution in [0.2, 0.25) is 0 Å². The number of hydrogen-bond donors (Lipinski definition) is 0. The van der Waals surface area contributed by atoms with Crippen LogP contribution in [0.15, 0.2) is 28.7 Å². The van der Waals surface area contributed by atoms with Gasteiger partial charge in [0.2, 0.25) is 5.89 Å². The third-order valence-corrected chi connectivity index (χ3v) is 4.86. The molecule has 4 rings (SSSR count). The number of para-hydroxylation sites is 2. The summed E-state index contributed by atoms with van der Waals surface area (Å²) >= 11 is 5.35. The summed E-state index contributed by atoms with van der Waals surface area (Å²) in [5.41, 5.74) is 2.07. The Morgan fingerprint density at radius 3 is 2.79 bits per heavy atom. The van der Waals surface area contributed by atoms with Crippen LogP contribution in [0.3, 0.4) is 0 Å². The van der Waals surface area contributed by atoms with Crippen LogP contribution in [-0.4, -0.2) is 37.3 Å². The smallest absolute Gasteiger partial charge is 0.288 e. The number of benzene rings is 1. The molecular formula is C17H21N5OS. The van der Waals surface area contributed by atoms with E-state index in [4.69, 9.17) is 16.6 Å². The third kappa shape index (κ3) is 3.01. The van der Waals surface area contributed by atoms with Crippen LogP contribution in [-0.2, 0) is 13.2 Å². The molecule has 1 aliphatic rings. The van der Waals surface area contributed by atoms with Crippen molar-refractivity contribution < 1.29 is 4.42 Å². The lowest BCUT2D eigenvalue weighted by Crippen LogP contribution is -2.32. The molecular weight excluding hydrogens is 322 g/mol. The molecule has 2 aromatic heterocycles. The second-order valence-electron chi connectivity index (χ2n) is 6.32. The van der Waals surface area contributed by atoms with E-state index >= 15 is 0 Å². The van der Waals surface area contributed by atoms with E-state index in [0.29, 0.717) is 23.9 Å². The van der Waals surface area contributed by atoms with Gasteiger partial charge in [-0.3, -0.25) is 4.90 Å². The molecule has 0 radical (unpaired) electrons. The highest BCUT2D eigenvalue weighted by Gasteiger charge is 2.15. The van der Waals surface area contributed by atoms with Crippen molar-refractivity contribution in [2.75, 3.05) is 13.1 Å². The molecule has 0 spiro atoms. The minimum atomic E-state index is 0.442. The number of imidazole rings is 1. The largest absolute Gasteiger partial charge is 0.412 e. The van der Waals surface area contributed by atoms with Gasteiger partial charge >= 0.3 is 0 Å². The first-order valence-corrected chi connectivity index (χ1v) is 8.82. The minimum absolute atomic E-state index is 0.442. The molecule has 1 fully saturated rings. The van der Waals surface area contributed by atoms with Crippen molar-refractivity contribution in [1.82, 2.24) is 24.2 Å². The summed E-state index contributed by atoms with van der Waals surface area (Å²) in [6, 6.07) is 8.10. The Hall–Kier alpha value is -1.99. The average molecular weight is 343 g/mol. The van der Waals surface area contributed by atoms with E-state index in [1.807, 2.05) is 25.1 Å². The predicted molar refractivity (Wildman–Crippen MR) is 94.3 cm³/mol. The SMILES string of the molecule is Cc1nc2ccccc2n1Cc1nn(CN2CCCCC2)c(=S)o1. The summed E-state index contributed by atoms with van der Waals surface area (Å²) in [5.74, 6) is 1.58. The normalized spacial score (nSPS) is 16.0. The van der Waals surface area contributed by atoms with Crippen LogP contribution < -0.4 is 0 Å². The van der Waals surface area contributed by atoms with Crippen molar-refractivity contribution in [3.8, 4) is 0 Å². The number of aryl methyl sites for hydroxylation is 1. The number of hydrogen-bond acceptors (Lipinski definition) is 5. The van der Waals surface area contributed by atoms with Gasteiger partial charge in [0, 0.05) is 0 Å². The minimum Gasteiger partial charge on any atom is -0.412 e. The first-order chi connectivity index (χ1) is 11.7. The maximum Gasteiger partial charge on any atom is 0.288 e. The Morgan fingerprint density at radius 1 is 1.17 bits per heavy atom. The maximum absolute atomic E-state index is 5.72. The Morgan fingerprint density at radius 2 is 1.96 bits per heavy atom. The molecule has 0 atom stereocenters. The van der Waals surface area contributed by atoms with Gasteiger partial charge in [0.25, 0.3) is 4.84 Å². The summed E-state index contributed by atoms with van der Waals surface area (Å²) in [5, 5.41) is 4.58. The molecule has 0 aliphatic carbocycles. The van der Waals surface area contributed by atoms with Crippen LogP contribution in [0.1, 0.15) is 31.0 Å². The molecule has 0 N–H and O–H groups in total. The van der Waals surface area contributed by atoms with E-state index in [1.54, 1.807) is 4.68 Å². The van der Waals surface area contributed by atoms with Crippen LogP contribution in [0, 0.1) is 11.8 Å². The Kier molecular flexibility index (Phi) is 4.20. The van der Waals surface area contributed by atoms with E-state index in [-0.39, 0.29) is 0 Å². The fourth-order valence-corrected chi connectivity index (χ4v) is 3.52. The monoisotopic (exact) mass is 343 g/mol. The van der Waals surface area contributed by atoms with E-state index in [9.17, 15) is 0 Å². The summed E-state index contributed by atoms with van der Waals surface area (Å²) < 4.78 is 9.63. The highest BCUT2D eigenvalue weighted by atomic mass is 32.1. The quantitative estimate of drug-likeness (QED) is 0.680. The lowest BCUT2D eigenvalue weighted by Gasteiger charge is -2.25. The van der Waals surface area contributed by atoms with E-state index < -0.39 is 0 Å². The van der Waals surface area contributed by atoms with Crippen molar-refractivity contribution in [2.45, 2.75) is 39.4 Å². The first kappa shape index (κ1) is 15.5. The van der Waals surface area contributed by atoms with E-state index in [2.05, 4.69) is 25.6 Å². The fourth-order valence-electron chi connectivity index (χ4n) is 3.32. The molecule has 3 aromatic rings. The molecule has 0 bridgehead atoms. The zero-order chi connectivity index (χ0) is 16.5. The van der Waals surface area contributed by atoms with Crippen LogP contribution in [0.5, 0.6) is 0 Å². The van der Waals surface area contributed by atoms with Crippen LogP contribution in [0.4, 0.5) is 0 Å². The van der Waals surface area contributed by atoms with E-state index in [1.165, 1.54) is 19.3 Å². The van der Waals surface area contributed by atoms with Crippen molar-refractivity contribution in [1.29, 1.82) is 0 Å². The van der Waals surface area contributed by atoms with Crippen molar-refractivity contribution in [3.63, 3.8) is 0 Å². The molecule has 6 nitrogen and oxygen atoms in total. The molecule has 126 valence electrons. The second-order valence-corrected chi connectivity index (χ2v) is 6.66. The van der Waals surface area contributed by atoms with Gasteiger partial charge in [-0.15, -0.1) is 5.10 Å². The standard InChI is InChI=1S/C17H21N5OS/c1-13-18-14-7-3-4-8-15(14)21(13)11-16-19-22(17(24)23-16)12-20-9-5-2-6-10-20/h3-4,7-8H,2,5-6,9-12H2,1H3. The second kappa shape index (κ2) is 6.49. The number of piperidine rings is 1. The van der Waals surface area contributed by atoms with Gasteiger partial charge < -0.3 is 8.98 Å². The van der Waals surface area contributed by atoms with Gasteiger partial charge in [0.05, 0.1) is 17.7 Å². The number of fused-ring (bicyclic) bond motifs is 1. The fraction of sp³-hybridized carbons (Fsp3) is 0.471. The van der Waals surface area contributed by atoms with Crippen molar-refractivity contribution in [3.05, 3.63) is 40.8 Å². The lowest BCUT2D eigenvalue weighted by atomic mass is 10.1. The van der Waals surface area contributed by atoms with Crippen molar-refractivity contribution >= 4 is 23.3 Å². The Balaban J connectivity index is 1.57. The highest BCUT2D eigenvalue weighted by molar-refractivity contribution is 7.71. The molecule has 0 saturated carbocycles. The van der Waals surface area contributed by atoms with Crippen LogP contribution in [0.25, 0.3) is 11.0 Å². The summed E-state index contributed by atoms with van der Waals surface area (Å²) in [6.45, 7) is 5.47. The first-order valence-electron chi connectivity index (χ1n) is 8.42. The summed E-state index contributed by atoms with van der Waals surface area (Å²) in [7, 11) is 0. The summed E-state index contributed by atoms with van der Waals surface area (Å²) in [4.78, 5) is 7.41. The number of aromatic nitrogens is 4. The Labute approximate surface area is 145 Å². The summed E-state index contributed by atoms with van der Waals surface area (Å²) in [6.07, 6.45) is 3.81. The molecule has 0 amide bonds. The molecule has 1 saturated heterocycles. The topological polar surface area (TPSA) is 52.0 Å². The Bertz CT molecular complexity index is 903. The van der Waals surface area contributed by atoms with Gasteiger partial charge in [-0.2, -0.15) is 0 Å². The van der Waals surface area contributed by atoms with Gasteiger partial charge in [0.15, 0.2) is 0 Å². The van der Waals surface area contributed by atoms with Crippen molar-refractivity contribution in [2.24, 2.45) is 0 Å². The van der Waals surface area contributed by atoms with Gasteiger partial charge in [0.1, 0.15) is 12.4 Å². The number of nitrogens with zero attached hydrogens (tertiary/aromatic N) is 5. The third-order valence-electron chi connectivity index (χ3n) is 4.57. The lowest BCUT2D eigenvalue weighted by molar-refractivity contribution is 0.170. The van der Waals surface area contributed by atoms with Gasteiger partial charge in [-0.05, 0) is 57.2 Å². The van der Waals surface area contributed by atoms with Gasteiger partial charge in [-0.25, -0.2) is 9.67 Å². The zero-order valence-electron chi connectivity index (χ0n) is 13.8. The van der Waals surface area contributed by atoms with E-state index in [0.717, 1.165) is 29.9 Å². The molecule has 1 aliphatic heterocycles. The average Bonchev–Trinajstić information content (AvgIpc) is 3.09. The predicted octanol–water partition coefficient (Wildman–Crippen LogP) is 3.36. The molecule has 7 heteroatoms. The zero-order valence-corrected chi connectivity index (χ0v) is 14.6. The maximum atomic E-state index is 5.72. The van der Waals surface area contributed by atoms with Gasteiger partial charge in [-0.1, -0.05) is 18.6 Å². The van der Waals surface area contributed by atoms with Crippen LogP contribution >= 0.6 is 12.2 Å². The number of likely N-dealkylation sites (tertiary alicyclic amines) is 1.